The third-order valence-corrected chi connectivity index (χ3v) is 6.17. The monoisotopic (exact) mass is 478 g/mol. The zero-order valence-corrected chi connectivity index (χ0v) is 20.9. The van der Waals surface area contributed by atoms with E-state index in [1.807, 2.05) is 25.1 Å². The highest BCUT2D eigenvalue weighted by Gasteiger charge is 2.20. The minimum Gasteiger partial charge on any atom is -0.497 e. The van der Waals surface area contributed by atoms with Crippen LogP contribution < -0.4 is 9.47 Å². The van der Waals surface area contributed by atoms with Crippen LogP contribution in [0.15, 0.2) is 23.7 Å². The third-order valence-electron chi connectivity index (χ3n) is 5.27. The van der Waals surface area contributed by atoms with Gasteiger partial charge in [-0.1, -0.05) is 25.8 Å². The number of hydrogen-bond donors (Lipinski definition) is 0. The standard InChI is InChI=1S/C24H34N2O6S/c1-6-7-8-20(31-16-27)13-23-21(25-15-33-23)14-26(3)24(28)32-17(2)11-18-9-10-19(29-4)12-22(18)30-5/h9-10,12,15-17,20H,6-8,11,13-14H2,1-5H3. The molecule has 0 radical (unpaired) electrons. The van der Waals surface area contributed by atoms with Gasteiger partial charge in [0.2, 0.25) is 0 Å². The van der Waals surface area contributed by atoms with Gasteiger partial charge in [0.1, 0.15) is 23.7 Å². The molecule has 1 aromatic heterocycles. The molecule has 0 aliphatic heterocycles. The zero-order chi connectivity index (χ0) is 24.2. The van der Waals surface area contributed by atoms with Crippen molar-refractivity contribution in [1.82, 2.24) is 9.88 Å². The van der Waals surface area contributed by atoms with E-state index in [0.29, 0.717) is 37.4 Å². The van der Waals surface area contributed by atoms with E-state index in [-0.39, 0.29) is 12.2 Å². The number of carbonyl (C=O) groups is 2. The second-order valence-electron chi connectivity index (χ2n) is 7.86. The van der Waals surface area contributed by atoms with Crippen molar-refractivity contribution in [3.8, 4) is 11.5 Å². The topological polar surface area (TPSA) is 87.2 Å². The number of unbranched alkanes of at least 4 members (excludes halogenated alkanes) is 1. The number of hydrogen-bond acceptors (Lipinski definition) is 8. The highest BCUT2D eigenvalue weighted by molar-refractivity contribution is 7.09. The molecule has 0 spiro atoms. The van der Waals surface area contributed by atoms with Gasteiger partial charge in [0.25, 0.3) is 6.47 Å². The van der Waals surface area contributed by atoms with Crippen LogP contribution in [-0.2, 0) is 33.7 Å². The molecule has 0 bridgehead atoms. The van der Waals surface area contributed by atoms with E-state index in [0.717, 1.165) is 35.4 Å². The summed E-state index contributed by atoms with van der Waals surface area (Å²) in [4.78, 5) is 30.4. The largest absolute Gasteiger partial charge is 0.497 e. The molecule has 2 rings (SSSR count). The number of thiazole rings is 1. The Morgan fingerprint density at radius 1 is 1.24 bits per heavy atom. The lowest BCUT2D eigenvalue weighted by Crippen LogP contribution is -2.31. The van der Waals surface area contributed by atoms with Gasteiger partial charge in [0.15, 0.2) is 0 Å². The number of ether oxygens (including phenoxy) is 4. The Bertz CT molecular complexity index is 888. The summed E-state index contributed by atoms with van der Waals surface area (Å²) in [6, 6.07) is 5.57. The smallest absolute Gasteiger partial charge is 0.410 e. The lowest BCUT2D eigenvalue weighted by atomic mass is 10.1. The normalized spacial score (nSPS) is 12.5. The Morgan fingerprint density at radius 3 is 2.70 bits per heavy atom. The molecular weight excluding hydrogens is 444 g/mol. The van der Waals surface area contributed by atoms with E-state index in [1.54, 1.807) is 26.8 Å². The van der Waals surface area contributed by atoms with Gasteiger partial charge in [0.05, 0.1) is 32.0 Å². The van der Waals surface area contributed by atoms with Crippen molar-refractivity contribution in [3.63, 3.8) is 0 Å². The first kappa shape index (κ1) is 26.4. The average Bonchev–Trinajstić information content (AvgIpc) is 3.23. The molecule has 0 saturated carbocycles. The highest BCUT2D eigenvalue weighted by atomic mass is 32.1. The molecular formula is C24H34N2O6S. The van der Waals surface area contributed by atoms with Gasteiger partial charge in [0, 0.05) is 30.8 Å². The van der Waals surface area contributed by atoms with E-state index in [9.17, 15) is 9.59 Å². The van der Waals surface area contributed by atoms with Crippen LogP contribution in [-0.4, -0.2) is 55.9 Å². The van der Waals surface area contributed by atoms with Crippen molar-refractivity contribution in [2.24, 2.45) is 0 Å². The molecule has 2 atom stereocenters. The number of carbonyl (C=O) groups excluding carboxylic acids is 2. The lowest BCUT2D eigenvalue weighted by Gasteiger charge is -2.21. The first-order valence-corrected chi connectivity index (χ1v) is 11.9. The van der Waals surface area contributed by atoms with Crippen LogP contribution in [0.3, 0.4) is 0 Å². The maximum absolute atomic E-state index is 12.7. The summed E-state index contributed by atoms with van der Waals surface area (Å²) in [6.07, 6.45) is 2.96. The lowest BCUT2D eigenvalue weighted by molar-refractivity contribution is -0.133. The summed E-state index contributed by atoms with van der Waals surface area (Å²) in [5.74, 6) is 1.39. The molecule has 0 aliphatic carbocycles. The maximum atomic E-state index is 12.7. The minimum atomic E-state index is -0.430. The summed E-state index contributed by atoms with van der Waals surface area (Å²) in [6.45, 7) is 4.77. The van der Waals surface area contributed by atoms with Crippen molar-refractivity contribution in [2.45, 2.75) is 64.7 Å². The Balaban J connectivity index is 1.94. The van der Waals surface area contributed by atoms with E-state index in [4.69, 9.17) is 18.9 Å². The zero-order valence-electron chi connectivity index (χ0n) is 20.0. The van der Waals surface area contributed by atoms with Crippen molar-refractivity contribution < 1.29 is 28.5 Å². The molecule has 8 nitrogen and oxygen atoms in total. The van der Waals surface area contributed by atoms with Crippen molar-refractivity contribution in [3.05, 3.63) is 39.8 Å². The van der Waals surface area contributed by atoms with Gasteiger partial charge in [-0.15, -0.1) is 11.3 Å². The molecule has 0 saturated heterocycles. The Morgan fingerprint density at radius 2 is 2.03 bits per heavy atom. The fourth-order valence-corrected chi connectivity index (χ4v) is 4.29. The van der Waals surface area contributed by atoms with E-state index < -0.39 is 6.09 Å². The van der Waals surface area contributed by atoms with E-state index in [1.165, 1.54) is 16.2 Å². The van der Waals surface area contributed by atoms with Crippen LogP contribution in [0.25, 0.3) is 0 Å². The van der Waals surface area contributed by atoms with Crippen LogP contribution in [0.2, 0.25) is 0 Å². The molecule has 0 fully saturated rings. The predicted molar refractivity (Wildman–Crippen MR) is 127 cm³/mol. The molecule has 9 heteroatoms. The Hall–Kier alpha value is -2.81. The molecule has 182 valence electrons. The number of benzene rings is 1. The number of nitrogens with zero attached hydrogens (tertiary/aromatic N) is 2. The van der Waals surface area contributed by atoms with Crippen LogP contribution in [0.1, 0.15) is 49.2 Å². The Kier molecular flexibility index (Phi) is 11.0. The van der Waals surface area contributed by atoms with E-state index >= 15 is 0 Å². The molecule has 0 N–H and O–H groups in total. The summed E-state index contributed by atoms with van der Waals surface area (Å²) in [5.41, 5.74) is 3.47. The van der Waals surface area contributed by atoms with Gasteiger partial charge in [-0.05, 0) is 25.0 Å². The first-order valence-electron chi connectivity index (χ1n) is 11.0. The Labute approximate surface area is 199 Å². The molecule has 2 unspecified atom stereocenters. The molecule has 2 aromatic rings. The maximum Gasteiger partial charge on any atom is 0.410 e. The summed E-state index contributed by atoms with van der Waals surface area (Å²) in [7, 11) is 4.88. The molecule has 1 amide bonds. The SMILES string of the molecule is CCCCC(Cc1scnc1CN(C)C(=O)OC(C)Cc1ccc(OC)cc1OC)OC=O. The van der Waals surface area contributed by atoms with Gasteiger partial charge >= 0.3 is 6.09 Å². The van der Waals surface area contributed by atoms with Crippen molar-refractivity contribution >= 4 is 23.9 Å². The fourth-order valence-electron chi connectivity index (χ4n) is 3.45. The van der Waals surface area contributed by atoms with Crippen molar-refractivity contribution in [1.29, 1.82) is 0 Å². The van der Waals surface area contributed by atoms with Crippen LogP contribution in [0.5, 0.6) is 11.5 Å². The number of methoxy groups -OCH3 is 2. The highest BCUT2D eigenvalue weighted by Crippen LogP contribution is 2.26. The molecule has 1 aromatic carbocycles. The summed E-state index contributed by atoms with van der Waals surface area (Å²) >= 11 is 1.50. The van der Waals surface area contributed by atoms with Crippen LogP contribution in [0, 0.1) is 0 Å². The van der Waals surface area contributed by atoms with E-state index in [2.05, 4.69) is 11.9 Å². The van der Waals surface area contributed by atoms with Crippen LogP contribution in [0.4, 0.5) is 4.79 Å². The second kappa shape index (κ2) is 13.7. The summed E-state index contributed by atoms with van der Waals surface area (Å²) in [5, 5.41) is 0. The minimum absolute atomic E-state index is 0.182. The van der Waals surface area contributed by atoms with Crippen LogP contribution >= 0.6 is 11.3 Å². The first-order chi connectivity index (χ1) is 15.9. The van der Waals surface area contributed by atoms with Gasteiger partial charge in [-0.3, -0.25) is 4.79 Å². The predicted octanol–water partition coefficient (Wildman–Crippen LogP) is 4.63. The number of aromatic nitrogens is 1. The molecule has 0 aliphatic rings. The van der Waals surface area contributed by atoms with Gasteiger partial charge in [-0.2, -0.15) is 0 Å². The third kappa shape index (κ3) is 8.24. The molecule has 1 heterocycles. The number of amides is 1. The average molecular weight is 479 g/mol. The summed E-state index contributed by atoms with van der Waals surface area (Å²) < 4.78 is 21.5. The second-order valence-corrected chi connectivity index (χ2v) is 8.79. The van der Waals surface area contributed by atoms with Gasteiger partial charge < -0.3 is 23.8 Å². The van der Waals surface area contributed by atoms with Gasteiger partial charge in [-0.25, -0.2) is 9.78 Å². The fraction of sp³-hybridized carbons (Fsp3) is 0.542. The van der Waals surface area contributed by atoms with Crippen molar-refractivity contribution in [2.75, 3.05) is 21.3 Å². The number of rotatable bonds is 14. The quantitative estimate of drug-likeness (QED) is 0.366. The molecule has 33 heavy (non-hydrogen) atoms.